The maximum atomic E-state index is 12.6. The first-order valence-corrected chi connectivity index (χ1v) is 11.2. The van der Waals surface area contributed by atoms with Crippen molar-refractivity contribution >= 4 is 23.2 Å². The van der Waals surface area contributed by atoms with E-state index in [-0.39, 0.29) is 17.7 Å². The lowest BCUT2D eigenvalue weighted by Gasteiger charge is -2.31. The molecule has 2 heterocycles. The predicted molar refractivity (Wildman–Crippen MR) is 113 cm³/mol. The highest BCUT2D eigenvalue weighted by Gasteiger charge is 2.28. The van der Waals surface area contributed by atoms with E-state index in [1.54, 1.807) is 0 Å². The molecule has 0 radical (unpaired) electrons. The zero-order chi connectivity index (χ0) is 19.5. The van der Waals surface area contributed by atoms with Gasteiger partial charge >= 0.3 is 0 Å². The molecule has 2 aromatic rings. The third-order valence-electron chi connectivity index (χ3n) is 6.05. The smallest absolute Gasteiger partial charge is 0.253 e. The molecule has 1 aliphatic heterocycles. The first-order chi connectivity index (χ1) is 13.6. The van der Waals surface area contributed by atoms with Crippen LogP contribution in [0.2, 0.25) is 0 Å². The zero-order valence-corrected chi connectivity index (χ0v) is 17.3. The van der Waals surface area contributed by atoms with E-state index in [0.29, 0.717) is 19.6 Å². The van der Waals surface area contributed by atoms with E-state index in [0.717, 1.165) is 30.4 Å². The van der Waals surface area contributed by atoms with E-state index >= 15 is 0 Å². The van der Waals surface area contributed by atoms with Gasteiger partial charge in [-0.25, -0.2) is 0 Å². The quantitative estimate of drug-likeness (QED) is 0.846. The number of nitrogens with one attached hydrogen (secondary N) is 1. The summed E-state index contributed by atoms with van der Waals surface area (Å²) in [6.07, 6.45) is 6.39. The summed E-state index contributed by atoms with van der Waals surface area (Å²) in [7, 11) is 0. The van der Waals surface area contributed by atoms with E-state index < -0.39 is 0 Å². The van der Waals surface area contributed by atoms with E-state index in [4.69, 9.17) is 0 Å². The molecular formula is C23H28N2O2S. The van der Waals surface area contributed by atoms with E-state index in [9.17, 15) is 9.59 Å². The van der Waals surface area contributed by atoms with Crippen molar-refractivity contribution in [2.45, 2.75) is 52.0 Å². The van der Waals surface area contributed by atoms with Crippen molar-refractivity contribution in [1.82, 2.24) is 10.2 Å². The molecule has 1 aromatic carbocycles. The van der Waals surface area contributed by atoms with Gasteiger partial charge in [0.15, 0.2) is 0 Å². The number of hydrogen-bond donors (Lipinski definition) is 1. The number of benzene rings is 1. The molecule has 1 saturated heterocycles. The van der Waals surface area contributed by atoms with Crippen LogP contribution in [0.4, 0.5) is 0 Å². The van der Waals surface area contributed by atoms with Crippen molar-refractivity contribution in [3.8, 4) is 0 Å². The van der Waals surface area contributed by atoms with Crippen LogP contribution < -0.4 is 5.32 Å². The molecule has 1 N–H and O–H groups in total. The van der Waals surface area contributed by atoms with Crippen molar-refractivity contribution in [2.24, 2.45) is 5.92 Å². The van der Waals surface area contributed by atoms with Crippen LogP contribution in [0.3, 0.4) is 0 Å². The monoisotopic (exact) mass is 396 g/mol. The van der Waals surface area contributed by atoms with Crippen LogP contribution in [-0.4, -0.2) is 29.8 Å². The fourth-order valence-electron chi connectivity index (χ4n) is 4.26. The van der Waals surface area contributed by atoms with Crippen LogP contribution >= 0.6 is 11.3 Å². The average molecular weight is 397 g/mol. The van der Waals surface area contributed by atoms with Gasteiger partial charge in [0.05, 0.1) is 0 Å². The third-order valence-corrected chi connectivity index (χ3v) is 7.19. The van der Waals surface area contributed by atoms with Crippen LogP contribution in [-0.2, 0) is 24.2 Å². The highest BCUT2D eigenvalue weighted by atomic mass is 32.1. The number of nitrogens with zero attached hydrogens (tertiary/aromatic N) is 1. The van der Waals surface area contributed by atoms with Gasteiger partial charge in [0, 0.05) is 36.0 Å². The van der Waals surface area contributed by atoms with Gasteiger partial charge in [0.2, 0.25) is 5.91 Å². The summed E-state index contributed by atoms with van der Waals surface area (Å²) in [6.45, 7) is 3.97. The number of amides is 2. The molecule has 4 nitrogen and oxygen atoms in total. The van der Waals surface area contributed by atoms with Crippen LogP contribution in [0.5, 0.6) is 0 Å². The molecule has 28 heavy (non-hydrogen) atoms. The second-order valence-corrected chi connectivity index (χ2v) is 8.98. The third kappa shape index (κ3) is 4.14. The van der Waals surface area contributed by atoms with Gasteiger partial charge in [-0.3, -0.25) is 9.59 Å². The van der Waals surface area contributed by atoms with Gasteiger partial charge in [-0.15, -0.1) is 11.3 Å². The Morgan fingerprint density at radius 3 is 2.57 bits per heavy atom. The first kappa shape index (κ1) is 19.2. The SMILES string of the molecule is Cc1ccc(C(=O)N2CCC(C(=O)NCc3csc4c3CCCC4)CC2)cc1. The topological polar surface area (TPSA) is 49.4 Å². The van der Waals surface area contributed by atoms with E-state index in [1.165, 1.54) is 35.3 Å². The summed E-state index contributed by atoms with van der Waals surface area (Å²) in [5, 5.41) is 5.37. The molecule has 0 atom stereocenters. The molecule has 0 spiro atoms. The van der Waals surface area contributed by atoms with Crippen molar-refractivity contribution in [2.75, 3.05) is 13.1 Å². The summed E-state index contributed by atoms with van der Waals surface area (Å²) >= 11 is 1.85. The minimum atomic E-state index is 0.0107. The molecule has 1 aliphatic carbocycles. The number of hydrogen-bond acceptors (Lipinski definition) is 3. The van der Waals surface area contributed by atoms with Crippen molar-refractivity contribution in [1.29, 1.82) is 0 Å². The molecule has 0 unspecified atom stereocenters. The summed E-state index contributed by atoms with van der Waals surface area (Å²) in [4.78, 5) is 28.7. The Labute approximate surface area is 170 Å². The Bertz CT molecular complexity index is 848. The number of fused-ring (bicyclic) bond motifs is 1. The molecule has 1 aromatic heterocycles. The standard InChI is InChI=1S/C23H28N2O2S/c1-16-6-8-18(9-7-16)23(27)25-12-10-17(11-13-25)22(26)24-14-19-15-28-21-5-3-2-4-20(19)21/h6-9,15,17H,2-5,10-14H2,1H3,(H,24,26). The summed E-state index contributed by atoms with van der Waals surface area (Å²) in [5.41, 5.74) is 4.67. The molecule has 2 amide bonds. The molecule has 0 bridgehead atoms. The zero-order valence-electron chi connectivity index (χ0n) is 16.5. The second-order valence-electron chi connectivity index (χ2n) is 8.02. The highest BCUT2D eigenvalue weighted by Crippen LogP contribution is 2.30. The second kappa shape index (κ2) is 8.48. The molecule has 5 heteroatoms. The Hall–Kier alpha value is -2.14. The van der Waals surface area contributed by atoms with Crippen molar-refractivity contribution in [3.63, 3.8) is 0 Å². The lowest BCUT2D eigenvalue weighted by Crippen LogP contribution is -2.43. The molecule has 148 valence electrons. The van der Waals surface area contributed by atoms with Crippen molar-refractivity contribution in [3.05, 3.63) is 56.8 Å². The van der Waals surface area contributed by atoms with Crippen LogP contribution in [0.15, 0.2) is 29.6 Å². The highest BCUT2D eigenvalue weighted by molar-refractivity contribution is 7.10. The lowest BCUT2D eigenvalue weighted by molar-refractivity contribution is -0.126. The average Bonchev–Trinajstić information content (AvgIpc) is 3.15. The van der Waals surface area contributed by atoms with Gasteiger partial charge in [-0.2, -0.15) is 0 Å². The number of carbonyl (C=O) groups excluding carboxylic acids is 2. The Morgan fingerprint density at radius 1 is 1.11 bits per heavy atom. The van der Waals surface area contributed by atoms with Gasteiger partial charge < -0.3 is 10.2 Å². The molecular weight excluding hydrogens is 368 g/mol. The van der Waals surface area contributed by atoms with Gasteiger partial charge in [-0.1, -0.05) is 17.7 Å². The van der Waals surface area contributed by atoms with Crippen LogP contribution in [0.1, 0.15) is 57.6 Å². The fourth-order valence-corrected chi connectivity index (χ4v) is 5.41. The Kier molecular flexibility index (Phi) is 5.81. The van der Waals surface area contributed by atoms with Crippen LogP contribution in [0.25, 0.3) is 0 Å². The van der Waals surface area contributed by atoms with E-state index in [2.05, 4.69) is 10.7 Å². The number of piperidine rings is 1. The maximum Gasteiger partial charge on any atom is 0.253 e. The minimum Gasteiger partial charge on any atom is -0.352 e. The van der Waals surface area contributed by atoms with Crippen LogP contribution in [0, 0.1) is 12.8 Å². The Balaban J connectivity index is 1.27. The minimum absolute atomic E-state index is 0.0107. The van der Waals surface area contributed by atoms with Gasteiger partial charge in [0.1, 0.15) is 0 Å². The normalized spacial score (nSPS) is 17.2. The maximum absolute atomic E-state index is 12.6. The first-order valence-electron chi connectivity index (χ1n) is 10.3. The fraction of sp³-hybridized carbons (Fsp3) is 0.478. The van der Waals surface area contributed by atoms with Gasteiger partial charge in [-0.05, 0) is 74.1 Å². The summed E-state index contributed by atoms with van der Waals surface area (Å²) in [5.74, 6) is 0.221. The summed E-state index contributed by atoms with van der Waals surface area (Å²) in [6, 6.07) is 7.71. The molecule has 4 rings (SSSR count). The Morgan fingerprint density at radius 2 is 1.82 bits per heavy atom. The number of likely N-dealkylation sites (tertiary alicyclic amines) is 1. The molecule has 1 fully saturated rings. The number of carbonyl (C=O) groups is 2. The largest absolute Gasteiger partial charge is 0.352 e. The number of thiophene rings is 1. The molecule has 0 saturated carbocycles. The number of rotatable bonds is 4. The van der Waals surface area contributed by atoms with E-state index in [1.807, 2.05) is 47.4 Å². The van der Waals surface area contributed by atoms with Gasteiger partial charge in [0.25, 0.3) is 5.91 Å². The van der Waals surface area contributed by atoms with Crippen molar-refractivity contribution < 1.29 is 9.59 Å². The summed E-state index contributed by atoms with van der Waals surface area (Å²) < 4.78 is 0. The molecule has 2 aliphatic rings. The predicted octanol–water partition coefficient (Wildman–Crippen LogP) is 4.10. The number of aryl methyl sites for hydroxylation is 2. The lowest BCUT2D eigenvalue weighted by atomic mass is 9.94.